The van der Waals surface area contributed by atoms with E-state index in [1.807, 2.05) is 40.9 Å². The van der Waals surface area contributed by atoms with Gasteiger partial charge in [-0.05, 0) is 24.3 Å². The summed E-state index contributed by atoms with van der Waals surface area (Å²) < 4.78 is 35.9. The number of allylic oxidation sites excluding steroid dienone is 2. The molecule has 4 rings (SSSR count). The van der Waals surface area contributed by atoms with Crippen LogP contribution in [0.25, 0.3) is 6.08 Å². The smallest absolute Gasteiger partial charge is 0.497 e. The monoisotopic (exact) mass is 297 g/mol. The summed E-state index contributed by atoms with van der Waals surface area (Å²) in [4.78, 5) is 0. The number of benzene rings is 1. The molecule has 0 saturated heterocycles. The minimum absolute atomic E-state index is 0.282. The zero-order valence-electron chi connectivity index (χ0n) is 11.9. The average Bonchev–Trinajstić information content (AvgIpc) is 3.07. The summed E-state index contributed by atoms with van der Waals surface area (Å²) in [6.07, 6.45) is 6.75. The van der Waals surface area contributed by atoms with E-state index in [0.717, 1.165) is 22.7 Å². The van der Waals surface area contributed by atoms with Gasteiger partial charge in [0.25, 0.3) is 0 Å². The van der Waals surface area contributed by atoms with Crippen molar-refractivity contribution in [2.24, 2.45) is 0 Å². The molecule has 0 N–H and O–H groups in total. The Balaban J connectivity index is 1.80. The third kappa shape index (κ3) is 1.84. The van der Waals surface area contributed by atoms with Gasteiger partial charge < -0.3 is 9.21 Å². The van der Waals surface area contributed by atoms with Crippen LogP contribution in [-0.4, -0.2) is 29.3 Å². The Bertz CT molecular complexity index is 863. The number of hydrogen-bond donors (Lipinski definition) is 0. The van der Waals surface area contributed by atoms with Crippen molar-refractivity contribution in [2.45, 2.75) is 0 Å². The molecule has 1 aromatic carbocycles. The van der Waals surface area contributed by atoms with Crippen LogP contribution in [0.3, 0.4) is 0 Å². The first-order valence-corrected chi connectivity index (χ1v) is 6.90. The second kappa shape index (κ2) is 4.69. The van der Waals surface area contributed by atoms with Crippen molar-refractivity contribution in [2.75, 3.05) is 7.11 Å². The van der Waals surface area contributed by atoms with Crippen molar-refractivity contribution in [3.05, 3.63) is 71.2 Å². The number of rotatable bonds is 2. The van der Waals surface area contributed by atoms with Crippen LogP contribution in [0.4, 0.5) is 8.78 Å². The minimum atomic E-state index is -0.817. The molecule has 1 aromatic heterocycles. The Morgan fingerprint density at radius 3 is 2.64 bits per heavy atom. The number of nitrogens with zero attached hydrogens (tertiary/aromatic N) is 2. The van der Waals surface area contributed by atoms with Gasteiger partial charge in [-0.15, -0.1) is 0 Å². The maximum atomic E-state index is 13.7. The van der Waals surface area contributed by atoms with E-state index in [-0.39, 0.29) is 5.69 Å². The SMILES string of the molecule is COc1ccc(C2=[N+]3Bn4cc(F)c(F)c4C=C3C=C2)cc1. The zero-order valence-corrected chi connectivity index (χ0v) is 11.9. The van der Waals surface area contributed by atoms with Gasteiger partial charge in [0.05, 0.1) is 12.8 Å². The summed E-state index contributed by atoms with van der Waals surface area (Å²) >= 11 is 0. The van der Waals surface area contributed by atoms with Crippen molar-refractivity contribution in [1.82, 2.24) is 4.48 Å². The molecular formula is C16H12BF2N2O+. The fraction of sp³-hybridized carbons (Fsp3) is 0.0625. The molecule has 0 radical (unpaired) electrons. The molecule has 2 aliphatic heterocycles. The first kappa shape index (κ1) is 13.1. The van der Waals surface area contributed by atoms with E-state index in [9.17, 15) is 8.78 Å². The van der Waals surface area contributed by atoms with Gasteiger partial charge in [0.2, 0.25) is 0 Å². The third-order valence-corrected chi connectivity index (χ3v) is 3.99. The quantitative estimate of drug-likeness (QED) is 0.778. The Labute approximate surface area is 126 Å². The molecule has 0 amide bonds. The molecule has 3 nitrogen and oxygen atoms in total. The standard InChI is InChI=1S/C16H12BF2N2O/c1-22-12-5-2-10(3-6-12)14-7-4-11-8-15-16(19)13(18)9-20(15)17-21(11)14/h2-9,17H,1H3/q+1. The van der Waals surface area contributed by atoms with Gasteiger partial charge >= 0.3 is 7.55 Å². The van der Waals surface area contributed by atoms with Crippen molar-refractivity contribution >= 4 is 19.3 Å². The highest BCUT2D eigenvalue weighted by Crippen LogP contribution is 2.25. The highest BCUT2D eigenvalue weighted by atomic mass is 19.2. The average molecular weight is 297 g/mol. The molecule has 3 heterocycles. The van der Waals surface area contributed by atoms with Gasteiger partial charge in [-0.3, -0.25) is 4.49 Å². The molecule has 2 aliphatic rings. The number of halogens is 2. The van der Waals surface area contributed by atoms with Gasteiger partial charge in [-0.25, -0.2) is 8.78 Å². The molecule has 0 fully saturated rings. The summed E-state index contributed by atoms with van der Waals surface area (Å²) in [6, 6.07) is 7.71. The minimum Gasteiger partial charge on any atom is -0.497 e. The van der Waals surface area contributed by atoms with Crippen molar-refractivity contribution in [3.8, 4) is 5.75 Å². The second-order valence-corrected chi connectivity index (χ2v) is 5.23. The summed E-state index contributed by atoms with van der Waals surface area (Å²) in [7, 11) is 2.01. The number of aromatic nitrogens is 1. The molecule has 108 valence electrons. The molecule has 6 heteroatoms. The topological polar surface area (TPSA) is 17.2 Å². The van der Waals surface area contributed by atoms with Gasteiger partial charge in [0.15, 0.2) is 23.0 Å². The Hall–Kier alpha value is -2.63. The maximum Gasteiger partial charge on any atom is 0.604 e. The van der Waals surface area contributed by atoms with Crippen molar-refractivity contribution in [3.63, 3.8) is 0 Å². The molecule has 0 aliphatic carbocycles. The van der Waals surface area contributed by atoms with Crippen molar-refractivity contribution in [1.29, 1.82) is 0 Å². The predicted molar refractivity (Wildman–Crippen MR) is 81.4 cm³/mol. The third-order valence-electron chi connectivity index (χ3n) is 3.99. The number of ether oxygens (including phenoxy) is 1. The summed E-state index contributed by atoms with van der Waals surface area (Å²) in [5.41, 5.74) is 3.16. The molecular weight excluding hydrogens is 285 g/mol. The fourth-order valence-electron chi connectivity index (χ4n) is 2.85. The van der Waals surface area contributed by atoms with Crippen LogP contribution in [0.5, 0.6) is 5.75 Å². The highest BCUT2D eigenvalue weighted by molar-refractivity contribution is 6.29. The van der Waals surface area contributed by atoms with E-state index in [1.54, 1.807) is 17.7 Å². The summed E-state index contributed by atoms with van der Waals surface area (Å²) in [5.74, 6) is -0.820. The van der Waals surface area contributed by atoms with Crippen LogP contribution in [0.1, 0.15) is 11.3 Å². The molecule has 0 unspecified atom stereocenters. The number of hydrogen-bond acceptors (Lipinski definition) is 1. The lowest BCUT2D eigenvalue weighted by molar-refractivity contribution is -0.311. The van der Waals surface area contributed by atoms with Gasteiger partial charge in [-0.1, -0.05) is 0 Å². The number of fused-ring (bicyclic) bond motifs is 2. The van der Waals surface area contributed by atoms with Crippen LogP contribution in [-0.2, 0) is 0 Å². The van der Waals surface area contributed by atoms with Crippen LogP contribution in [0, 0.1) is 11.6 Å². The number of methoxy groups -OCH3 is 1. The maximum absolute atomic E-state index is 13.7. The Morgan fingerprint density at radius 1 is 1.14 bits per heavy atom. The van der Waals surface area contributed by atoms with Crippen LogP contribution >= 0.6 is 0 Å². The Kier molecular flexibility index (Phi) is 2.79. The first-order chi connectivity index (χ1) is 10.7. The molecule has 22 heavy (non-hydrogen) atoms. The lowest BCUT2D eigenvalue weighted by atomic mass is 10.0. The molecule has 0 saturated carbocycles. The zero-order chi connectivity index (χ0) is 15.3. The first-order valence-electron chi connectivity index (χ1n) is 6.90. The lowest BCUT2D eigenvalue weighted by Crippen LogP contribution is -2.29. The Morgan fingerprint density at radius 2 is 1.91 bits per heavy atom. The van der Waals surface area contributed by atoms with E-state index < -0.39 is 11.6 Å². The van der Waals surface area contributed by atoms with Gasteiger partial charge in [-0.2, -0.15) is 0 Å². The normalized spacial score (nSPS) is 15.3. The van der Waals surface area contributed by atoms with Crippen LogP contribution in [0.2, 0.25) is 0 Å². The second-order valence-electron chi connectivity index (χ2n) is 5.23. The molecule has 0 spiro atoms. The van der Waals surface area contributed by atoms with Crippen LogP contribution < -0.4 is 4.74 Å². The van der Waals surface area contributed by atoms with Gasteiger partial charge in [0, 0.05) is 30.0 Å². The highest BCUT2D eigenvalue weighted by Gasteiger charge is 2.33. The van der Waals surface area contributed by atoms with E-state index in [0.29, 0.717) is 7.55 Å². The molecule has 0 atom stereocenters. The largest absolute Gasteiger partial charge is 0.604 e. The lowest BCUT2D eigenvalue weighted by Gasteiger charge is -2.11. The fourth-order valence-corrected chi connectivity index (χ4v) is 2.85. The van der Waals surface area contributed by atoms with Crippen LogP contribution in [0.15, 0.2) is 48.3 Å². The van der Waals surface area contributed by atoms with E-state index in [4.69, 9.17) is 4.74 Å². The van der Waals surface area contributed by atoms with E-state index in [2.05, 4.69) is 0 Å². The van der Waals surface area contributed by atoms with E-state index >= 15 is 0 Å². The summed E-state index contributed by atoms with van der Waals surface area (Å²) in [6.45, 7) is 0. The predicted octanol–water partition coefficient (Wildman–Crippen LogP) is 2.32. The van der Waals surface area contributed by atoms with E-state index in [1.165, 1.54) is 6.20 Å². The molecule has 2 aromatic rings. The summed E-state index contributed by atoms with van der Waals surface area (Å²) in [5, 5.41) is 0. The van der Waals surface area contributed by atoms with Crippen molar-refractivity contribution < 1.29 is 18.0 Å². The molecule has 0 bridgehead atoms. The van der Waals surface area contributed by atoms with Gasteiger partial charge in [0.1, 0.15) is 5.75 Å².